The number of amides is 1. The number of hydrogen-bond acceptors (Lipinski definition) is 4. The Kier molecular flexibility index (Phi) is 3.56. The summed E-state index contributed by atoms with van der Waals surface area (Å²) in [6, 6.07) is 9.07. The van der Waals surface area contributed by atoms with Gasteiger partial charge in [0.05, 0.1) is 12.0 Å². The highest BCUT2D eigenvalue weighted by Gasteiger charge is 2.25. The predicted molar refractivity (Wildman–Crippen MR) is 79.7 cm³/mol. The molecule has 1 N–H and O–H groups in total. The largest absolute Gasteiger partial charge is 0.506 e. The molecule has 0 unspecified atom stereocenters. The van der Waals surface area contributed by atoms with Crippen molar-refractivity contribution in [1.29, 1.82) is 0 Å². The molecule has 1 aliphatic heterocycles. The van der Waals surface area contributed by atoms with Gasteiger partial charge in [0.1, 0.15) is 5.75 Å². The second-order valence-corrected chi connectivity index (χ2v) is 5.20. The number of piperazine rings is 1. The fourth-order valence-corrected chi connectivity index (χ4v) is 2.62. The van der Waals surface area contributed by atoms with E-state index in [1.807, 2.05) is 19.1 Å². The molecule has 0 aliphatic carbocycles. The van der Waals surface area contributed by atoms with Crippen molar-refractivity contribution in [3.05, 3.63) is 47.9 Å². The molecule has 2 aromatic rings. The third kappa shape index (κ3) is 2.59. The number of phenolic OH excluding ortho intramolecular Hbond substituents is 1. The van der Waals surface area contributed by atoms with Crippen molar-refractivity contribution in [1.82, 2.24) is 4.90 Å². The smallest absolute Gasteiger partial charge is 0.289 e. The standard InChI is InChI=1S/C16H18N2O3/c1-12-6-11-21-15(12)16(20)18-9-7-17(8-10-18)13-4-2-3-5-14(13)19/h2-6,11,19H,7-10H2,1H3. The minimum Gasteiger partial charge on any atom is -0.506 e. The summed E-state index contributed by atoms with van der Waals surface area (Å²) in [6.07, 6.45) is 1.54. The van der Waals surface area contributed by atoms with Crippen LogP contribution in [-0.4, -0.2) is 42.1 Å². The molecule has 0 saturated carbocycles. The second kappa shape index (κ2) is 5.52. The van der Waals surface area contributed by atoms with Crippen molar-refractivity contribution in [2.24, 2.45) is 0 Å². The van der Waals surface area contributed by atoms with E-state index in [4.69, 9.17) is 4.42 Å². The molecule has 0 spiro atoms. The maximum absolute atomic E-state index is 12.4. The Morgan fingerprint density at radius 1 is 1.14 bits per heavy atom. The van der Waals surface area contributed by atoms with Crippen LogP contribution in [0, 0.1) is 6.92 Å². The van der Waals surface area contributed by atoms with E-state index in [0.717, 1.165) is 11.3 Å². The fourth-order valence-electron chi connectivity index (χ4n) is 2.62. The number of para-hydroxylation sites is 2. The van der Waals surface area contributed by atoms with Crippen LogP contribution in [0.4, 0.5) is 5.69 Å². The van der Waals surface area contributed by atoms with Crippen molar-refractivity contribution in [3.8, 4) is 5.75 Å². The van der Waals surface area contributed by atoms with Crippen LogP contribution in [0.5, 0.6) is 5.75 Å². The summed E-state index contributed by atoms with van der Waals surface area (Å²) < 4.78 is 5.27. The van der Waals surface area contributed by atoms with Gasteiger partial charge in [0, 0.05) is 31.7 Å². The lowest BCUT2D eigenvalue weighted by molar-refractivity contribution is 0.0713. The number of benzene rings is 1. The molecule has 2 heterocycles. The Hall–Kier alpha value is -2.43. The van der Waals surface area contributed by atoms with E-state index < -0.39 is 0 Å². The Bertz CT molecular complexity index is 642. The van der Waals surface area contributed by atoms with Crippen LogP contribution in [-0.2, 0) is 0 Å². The predicted octanol–water partition coefficient (Wildman–Crippen LogP) is 2.26. The first-order chi connectivity index (χ1) is 10.2. The number of hydrogen-bond donors (Lipinski definition) is 1. The Morgan fingerprint density at radius 2 is 1.86 bits per heavy atom. The molecule has 1 aliphatic rings. The average molecular weight is 286 g/mol. The van der Waals surface area contributed by atoms with Gasteiger partial charge >= 0.3 is 0 Å². The topological polar surface area (TPSA) is 56.9 Å². The van der Waals surface area contributed by atoms with E-state index in [1.54, 1.807) is 29.4 Å². The lowest BCUT2D eigenvalue weighted by Crippen LogP contribution is -2.48. The maximum Gasteiger partial charge on any atom is 0.289 e. The van der Waals surface area contributed by atoms with Gasteiger partial charge in [-0.05, 0) is 25.1 Å². The fraction of sp³-hybridized carbons (Fsp3) is 0.312. The third-order valence-corrected chi connectivity index (χ3v) is 3.85. The minimum absolute atomic E-state index is 0.0607. The molecule has 5 nitrogen and oxygen atoms in total. The molecular formula is C16H18N2O3. The molecule has 1 fully saturated rings. The summed E-state index contributed by atoms with van der Waals surface area (Å²) in [4.78, 5) is 16.2. The van der Waals surface area contributed by atoms with E-state index in [-0.39, 0.29) is 11.7 Å². The molecule has 1 aromatic carbocycles. The van der Waals surface area contributed by atoms with E-state index in [0.29, 0.717) is 31.9 Å². The van der Waals surface area contributed by atoms with Crippen LogP contribution in [0.15, 0.2) is 41.0 Å². The molecule has 0 radical (unpaired) electrons. The van der Waals surface area contributed by atoms with E-state index in [9.17, 15) is 9.90 Å². The summed E-state index contributed by atoms with van der Waals surface area (Å²) in [5, 5.41) is 9.89. The zero-order chi connectivity index (χ0) is 14.8. The molecule has 3 rings (SSSR count). The molecule has 1 saturated heterocycles. The van der Waals surface area contributed by atoms with E-state index in [2.05, 4.69) is 4.90 Å². The molecule has 0 bridgehead atoms. The second-order valence-electron chi connectivity index (χ2n) is 5.20. The molecular weight excluding hydrogens is 268 g/mol. The van der Waals surface area contributed by atoms with Gasteiger partial charge in [-0.2, -0.15) is 0 Å². The first-order valence-electron chi connectivity index (χ1n) is 7.03. The number of rotatable bonds is 2. The number of aryl methyl sites for hydroxylation is 1. The lowest BCUT2D eigenvalue weighted by Gasteiger charge is -2.36. The van der Waals surface area contributed by atoms with Crippen molar-refractivity contribution in [3.63, 3.8) is 0 Å². The highest BCUT2D eigenvalue weighted by Crippen LogP contribution is 2.27. The highest BCUT2D eigenvalue weighted by molar-refractivity contribution is 5.93. The summed E-state index contributed by atoms with van der Waals surface area (Å²) in [6.45, 7) is 4.50. The minimum atomic E-state index is -0.0607. The summed E-state index contributed by atoms with van der Waals surface area (Å²) in [5.41, 5.74) is 1.68. The first-order valence-corrected chi connectivity index (χ1v) is 7.03. The zero-order valence-electron chi connectivity index (χ0n) is 12.0. The molecule has 1 amide bonds. The number of phenols is 1. The van der Waals surface area contributed by atoms with E-state index in [1.165, 1.54) is 0 Å². The van der Waals surface area contributed by atoms with Crippen LogP contribution in [0.25, 0.3) is 0 Å². The molecule has 21 heavy (non-hydrogen) atoms. The average Bonchev–Trinajstić information content (AvgIpc) is 2.93. The number of aromatic hydroxyl groups is 1. The van der Waals surface area contributed by atoms with Gasteiger partial charge in [0.25, 0.3) is 5.91 Å². The van der Waals surface area contributed by atoms with Crippen LogP contribution in [0.2, 0.25) is 0 Å². The molecule has 1 aromatic heterocycles. The number of carbonyl (C=O) groups excluding carboxylic acids is 1. The quantitative estimate of drug-likeness (QED) is 0.920. The van der Waals surface area contributed by atoms with Gasteiger partial charge in [-0.3, -0.25) is 4.79 Å². The van der Waals surface area contributed by atoms with Crippen molar-refractivity contribution in [2.75, 3.05) is 31.1 Å². The van der Waals surface area contributed by atoms with Gasteiger partial charge in [0.2, 0.25) is 0 Å². The van der Waals surface area contributed by atoms with Gasteiger partial charge in [0.15, 0.2) is 5.76 Å². The zero-order valence-corrected chi connectivity index (χ0v) is 12.0. The Balaban J connectivity index is 1.67. The normalized spacial score (nSPS) is 15.3. The highest BCUT2D eigenvalue weighted by atomic mass is 16.3. The summed E-state index contributed by atoms with van der Waals surface area (Å²) in [5.74, 6) is 0.639. The van der Waals surface area contributed by atoms with Gasteiger partial charge in [-0.15, -0.1) is 0 Å². The Labute approximate surface area is 123 Å². The Morgan fingerprint density at radius 3 is 2.48 bits per heavy atom. The monoisotopic (exact) mass is 286 g/mol. The SMILES string of the molecule is Cc1ccoc1C(=O)N1CCN(c2ccccc2O)CC1. The number of furan rings is 1. The van der Waals surface area contributed by atoms with Crippen molar-refractivity contribution in [2.45, 2.75) is 6.92 Å². The van der Waals surface area contributed by atoms with E-state index >= 15 is 0 Å². The number of nitrogens with zero attached hydrogens (tertiary/aromatic N) is 2. The van der Waals surface area contributed by atoms with Crippen LogP contribution < -0.4 is 4.90 Å². The van der Waals surface area contributed by atoms with Gasteiger partial charge < -0.3 is 19.3 Å². The lowest BCUT2D eigenvalue weighted by atomic mass is 10.2. The van der Waals surface area contributed by atoms with Crippen molar-refractivity contribution >= 4 is 11.6 Å². The van der Waals surface area contributed by atoms with Crippen LogP contribution in [0.3, 0.4) is 0 Å². The van der Waals surface area contributed by atoms with Crippen LogP contribution >= 0.6 is 0 Å². The third-order valence-electron chi connectivity index (χ3n) is 3.85. The first kappa shape index (κ1) is 13.5. The summed E-state index contributed by atoms with van der Waals surface area (Å²) >= 11 is 0. The van der Waals surface area contributed by atoms with Crippen molar-refractivity contribution < 1.29 is 14.3 Å². The summed E-state index contributed by atoms with van der Waals surface area (Å²) in [7, 11) is 0. The molecule has 0 atom stereocenters. The number of anilines is 1. The molecule has 110 valence electrons. The molecule has 5 heteroatoms. The maximum atomic E-state index is 12.4. The number of carbonyl (C=O) groups is 1. The van der Waals surface area contributed by atoms with Crippen LogP contribution in [0.1, 0.15) is 16.1 Å². The van der Waals surface area contributed by atoms with Gasteiger partial charge in [-0.1, -0.05) is 12.1 Å². The van der Waals surface area contributed by atoms with Gasteiger partial charge in [-0.25, -0.2) is 0 Å².